The quantitative estimate of drug-likeness (QED) is 0.861. The molecule has 2 atom stereocenters. The van der Waals surface area contributed by atoms with Crippen LogP contribution in [0.1, 0.15) is 36.0 Å². The summed E-state index contributed by atoms with van der Waals surface area (Å²) in [7, 11) is 2.95. The normalized spacial score (nSPS) is 27.2. The number of rotatable bonds is 4. The number of fused-ring (bicyclic) bond motifs is 2. The summed E-state index contributed by atoms with van der Waals surface area (Å²) >= 11 is 0. The van der Waals surface area contributed by atoms with Gasteiger partial charge in [0, 0.05) is 12.1 Å². The minimum absolute atomic E-state index is 0.114. The van der Waals surface area contributed by atoms with Crippen molar-refractivity contribution in [3.8, 4) is 11.5 Å². The summed E-state index contributed by atoms with van der Waals surface area (Å²) in [6.45, 7) is 0. The molecule has 0 aliphatic carbocycles. The molecule has 5 nitrogen and oxygen atoms in total. The molecule has 21 heavy (non-hydrogen) atoms. The molecule has 5 heteroatoms. The molecule has 3 rings (SSSR count). The lowest BCUT2D eigenvalue weighted by molar-refractivity contribution is 0.0587. The molecule has 2 aliphatic heterocycles. The van der Waals surface area contributed by atoms with Crippen LogP contribution in [0.3, 0.4) is 0 Å². The van der Waals surface area contributed by atoms with Crippen LogP contribution in [-0.4, -0.2) is 38.4 Å². The average Bonchev–Trinajstić information content (AvgIpc) is 2.85. The molecule has 2 aliphatic rings. The molecule has 1 aromatic rings. The van der Waals surface area contributed by atoms with Gasteiger partial charge in [-0.25, -0.2) is 4.79 Å². The van der Waals surface area contributed by atoms with Crippen molar-refractivity contribution >= 4 is 5.97 Å². The minimum atomic E-state index is -0.402. The molecule has 0 spiro atoms. The van der Waals surface area contributed by atoms with Gasteiger partial charge in [-0.1, -0.05) is 6.07 Å². The lowest BCUT2D eigenvalue weighted by Gasteiger charge is -2.30. The van der Waals surface area contributed by atoms with Gasteiger partial charge in [-0.15, -0.1) is 0 Å². The number of piperidine rings is 1. The molecular formula is C16H21NO4. The second kappa shape index (κ2) is 5.93. The Hall–Kier alpha value is -1.75. The lowest BCUT2D eigenvalue weighted by atomic mass is 10.0. The molecule has 2 saturated heterocycles. The maximum Gasteiger partial charge on any atom is 0.341 e. The van der Waals surface area contributed by atoms with Crippen LogP contribution in [0.4, 0.5) is 0 Å². The molecule has 1 aromatic carbocycles. The van der Waals surface area contributed by atoms with E-state index in [9.17, 15) is 4.79 Å². The maximum absolute atomic E-state index is 11.9. The van der Waals surface area contributed by atoms with E-state index in [1.807, 2.05) is 0 Å². The molecular weight excluding hydrogens is 270 g/mol. The minimum Gasteiger partial charge on any atom is -0.493 e. The van der Waals surface area contributed by atoms with Crippen molar-refractivity contribution in [1.29, 1.82) is 0 Å². The Balaban J connectivity index is 1.84. The summed E-state index contributed by atoms with van der Waals surface area (Å²) in [5.74, 6) is 0.669. The number of methoxy groups -OCH3 is 2. The van der Waals surface area contributed by atoms with E-state index >= 15 is 0 Å². The molecule has 2 heterocycles. The van der Waals surface area contributed by atoms with Crippen molar-refractivity contribution in [1.82, 2.24) is 5.32 Å². The first kappa shape index (κ1) is 14.2. The van der Waals surface area contributed by atoms with Gasteiger partial charge in [0.15, 0.2) is 11.5 Å². The molecule has 0 aromatic heterocycles. The molecule has 114 valence electrons. The van der Waals surface area contributed by atoms with E-state index in [2.05, 4.69) is 5.32 Å². The van der Waals surface area contributed by atoms with Crippen LogP contribution < -0.4 is 14.8 Å². The zero-order valence-electron chi connectivity index (χ0n) is 12.4. The number of esters is 1. The first-order valence-corrected chi connectivity index (χ1v) is 7.39. The smallest absolute Gasteiger partial charge is 0.341 e. The van der Waals surface area contributed by atoms with E-state index in [-0.39, 0.29) is 6.10 Å². The van der Waals surface area contributed by atoms with Crippen LogP contribution >= 0.6 is 0 Å². The fraction of sp³-hybridized carbons (Fsp3) is 0.562. The Morgan fingerprint density at radius 3 is 2.52 bits per heavy atom. The van der Waals surface area contributed by atoms with Gasteiger partial charge in [-0.3, -0.25) is 0 Å². The number of ether oxygens (including phenoxy) is 3. The van der Waals surface area contributed by atoms with E-state index < -0.39 is 5.97 Å². The second-order valence-electron chi connectivity index (χ2n) is 5.68. The number of carbonyl (C=O) groups excluding carboxylic acids is 1. The second-order valence-corrected chi connectivity index (χ2v) is 5.68. The SMILES string of the molecule is COC(=O)c1cccc(OC)c1OC1CC2CCC(C1)N2. The molecule has 2 bridgehead atoms. The third-order valence-corrected chi connectivity index (χ3v) is 4.32. The van der Waals surface area contributed by atoms with E-state index in [0.717, 1.165) is 12.8 Å². The topological polar surface area (TPSA) is 56.8 Å². The van der Waals surface area contributed by atoms with Crippen molar-refractivity contribution in [3.63, 3.8) is 0 Å². The summed E-state index contributed by atoms with van der Waals surface area (Å²) in [5.41, 5.74) is 0.419. The predicted molar refractivity (Wildman–Crippen MR) is 77.9 cm³/mol. The van der Waals surface area contributed by atoms with Gasteiger partial charge >= 0.3 is 5.97 Å². The Bertz CT molecular complexity index is 519. The van der Waals surface area contributed by atoms with Gasteiger partial charge < -0.3 is 19.5 Å². The molecule has 0 radical (unpaired) electrons. The summed E-state index contributed by atoms with van der Waals surface area (Å²) in [4.78, 5) is 11.9. The van der Waals surface area contributed by atoms with Crippen LogP contribution in [0.5, 0.6) is 11.5 Å². The monoisotopic (exact) mass is 291 g/mol. The lowest BCUT2D eigenvalue weighted by Crippen LogP contribution is -2.42. The van der Waals surface area contributed by atoms with E-state index in [1.165, 1.54) is 20.0 Å². The highest BCUT2D eigenvalue weighted by Crippen LogP contribution is 2.36. The first-order valence-electron chi connectivity index (χ1n) is 7.39. The fourth-order valence-corrected chi connectivity index (χ4v) is 3.34. The van der Waals surface area contributed by atoms with Gasteiger partial charge in [0.25, 0.3) is 0 Å². The highest BCUT2D eigenvalue weighted by molar-refractivity contribution is 5.93. The van der Waals surface area contributed by atoms with Crippen LogP contribution in [0.25, 0.3) is 0 Å². The Kier molecular flexibility index (Phi) is 4.01. The van der Waals surface area contributed by atoms with E-state index in [1.54, 1.807) is 25.3 Å². The van der Waals surface area contributed by atoms with Crippen molar-refractivity contribution < 1.29 is 19.0 Å². The predicted octanol–water partition coefficient (Wildman–Crippen LogP) is 2.14. The Morgan fingerprint density at radius 2 is 1.90 bits per heavy atom. The van der Waals surface area contributed by atoms with Crippen molar-refractivity contribution in [2.24, 2.45) is 0 Å². The third kappa shape index (κ3) is 2.83. The molecule has 2 unspecified atom stereocenters. The van der Waals surface area contributed by atoms with Crippen LogP contribution in [0.15, 0.2) is 18.2 Å². The first-order chi connectivity index (χ1) is 10.2. The zero-order valence-corrected chi connectivity index (χ0v) is 12.4. The van der Waals surface area contributed by atoms with Gasteiger partial charge in [0.2, 0.25) is 0 Å². The van der Waals surface area contributed by atoms with E-state index in [0.29, 0.717) is 29.1 Å². The van der Waals surface area contributed by atoms with Crippen LogP contribution in [-0.2, 0) is 4.74 Å². The number of para-hydroxylation sites is 1. The third-order valence-electron chi connectivity index (χ3n) is 4.32. The van der Waals surface area contributed by atoms with E-state index in [4.69, 9.17) is 14.2 Å². The van der Waals surface area contributed by atoms with Crippen molar-refractivity contribution in [2.45, 2.75) is 43.9 Å². The number of benzene rings is 1. The summed E-state index contributed by atoms with van der Waals surface area (Å²) in [6.07, 6.45) is 4.47. The van der Waals surface area contributed by atoms with Crippen LogP contribution in [0.2, 0.25) is 0 Å². The number of hydrogen-bond acceptors (Lipinski definition) is 5. The van der Waals surface area contributed by atoms with Crippen molar-refractivity contribution in [2.75, 3.05) is 14.2 Å². The Labute approximate surface area is 124 Å². The molecule has 0 amide bonds. The number of nitrogens with one attached hydrogen (secondary N) is 1. The molecule has 2 fully saturated rings. The average molecular weight is 291 g/mol. The zero-order chi connectivity index (χ0) is 14.8. The van der Waals surface area contributed by atoms with Gasteiger partial charge in [0.1, 0.15) is 11.7 Å². The van der Waals surface area contributed by atoms with Gasteiger partial charge in [-0.2, -0.15) is 0 Å². The highest BCUT2D eigenvalue weighted by atomic mass is 16.5. The molecule has 0 saturated carbocycles. The summed E-state index contributed by atoms with van der Waals surface area (Å²) < 4.78 is 16.3. The van der Waals surface area contributed by atoms with Crippen molar-refractivity contribution in [3.05, 3.63) is 23.8 Å². The number of carbonyl (C=O) groups is 1. The highest BCUT2D eigenvalue weighted by Gasteiger charge is 2.35. The van der Waals surface area contributed by atoms with Crippen LogP contribution in [0, 0.1) is 0 Å². The van der Waals surface area contributed by atoms with Gasteiger partial charge in [-0.05, 0) is 37.8 Å². The Morgan fingerprint density at radius 1 is 1.19 bits per heavy atom. The van der Waals surface area contributed by atoms with Gasteiger partial charge in [0.05, 0.1) is 14.2 Å². The fourth-order valence-electron chi connectivity index (χ4n) is 3.34. The largest absolute Gasteiger partial charge is 0.493 e. The number of hydrogen-bond donors (Lipinski definition) is 1. The summed E-state index contributed by atoms with van der Waals surface area (Å²) in [5, 5.41) is 3.58. The maximum atomic E-state index is 11.9. The summed E-state index contributed by atoms with van der Waals surface area (Å²) in [6, 6.07) is 6.34. The standard InChI is InChI=1S/C16H21NO4/c1-19-14-5-3-4-13(16(18)20-2)15(14)21-12-8-10-6-7-11(9-12)17-10/h3-5,10-12,17H,6-9H2,1-2H3. The molecule has 1 N–H and O–H groups in total.